The Morgan fingerprint density at radius 2 is 1.76 bits per heavy atom. The van der Waals surface area contributed by atoms with Crippen molar-refractivity contribution in [3.63, 3.8) is 0 Å². The van der Waals surface area contributed by atoms with Crippen LogP contribution in [0.2, 0.25) is 0 Å². The van der Waals surface area contributed by atoms with Crippen LogP contribution in [0.3, 0.4) is 0 Å². The molecule has 1 aliphatic rings. The first-order chi connectivity index (χ1) is 13.9. The molecule has 0 spiro atoms. The van der Waals surface area contributed by atoms with Crippen LogP contribution in [0.1, 0.15) is 39.3 Å². The Bertz CT molecular complexity index is 898. The second-order valence-corrected chi connectivity index (χ2v) is 8.11. The molecule has 1 fully saturated rings. The van der Waals surface area contributed by atoms with Gasteiger partial charge in [-0.05, 0) is 62.2 Å². The summed E-state index contributed by atoms with van der Waals surface area (Å²) in [5.41, 5.74) is 3.15. The van der Waals surface area contributed by atoms with Crippen LogP contribution < -0.4 is 10.6 Å². The van der Waals surface area contributed by atoms with Gasteiger partial charge in [0.2, 0.25) is 0 Å². The van der Waals surface area contributed by atoms with Crippen LogP contribution in [0.15, 0.2) is 18.2 Å². The summed E-state index contributed by atoms with van der Waals surface area (Å²) in [6.45, 7) is 7.21. The third-order valence-electron chi connectivity index (χ3n) is 5.22. The van der Waals surface area contributed by atoms with E-state index in [2.05, 4.69) is 20.2 Å². The summed E-state index contributed by atoms with van der Waals surface area (Å²) < 4.78 is 3.82. The molecular weight excluding hydrogens is 390 g/mol. The Labute approximate surface area is 173 Å². The minimum atomic E-state index is -0.664. The molecule has 0 saturated carbocycles. The highest BCUT2D eigenvalue weighted by molar-refractivity contribution is 7.07. The first-order valence-electron chi connectivity index (χ1n) is 9.60. The molecule has 1 aromatic heterocycles. The maximum absolute atomic E-state index is 12.5. The van der Waals surface area contributed by atoms with Crippen molar-refractivity contribution in [1.82, 2.24) is 19.8 Å². The number of hydrogen-bond acceptors (Lipinski definition) is 6. The van der Waals surface area contributed by atoms with E-state index < -0.39 is 11.8 Å². The van der Waals surface area contributed by atoms with Crippen molar-refractivity contribution in [2.75, 3.05) is 25.0 Å². The summed E-state index contributed by atoms with van der Waals surface area (Å²) in [6, 6.07) is 5.68. The maximum Gasteiger partial charge on any atom is 0.313 e. The van der Waals surface area contributed by atoms with Gasteiger partial charge < -0.3 is 15.5 Å². The second kappa shape index (κ2) is 9.13. The lowest BCUT2D eigenvalue weighted by molar-refractivity contribution is -0.136. The van der Waals surface area contributed by atoms with Crippen molar-refractivity contribution in [2.24, 2.45) is 5.92 Å². The number of anilines is 1. The molecule has 3 amide bonds. The van der Waals surface area contributed by atoms with Crippen molar-refractivity contribution >= 4 is 34.9 Å². The van der Waals surface area contributed by atoms with Crippen LogP contribution >= 0.6 is 11.5 Å². The van der Waals surface area contributed by atoms with E-state index in [0.29, 0.717) is 35.9 Å². The third-order valence-corrected chi connectivity index (χ3v) is 6.04. The number of nitrogens with one attached hydrogen (secondary N) is 2. The smallest absolute Gasteiger partial charge is 0.313 e. The number of carbonyl (C=O) groups is 3. The Kier molecular flexibility index (Phi) is 6.58. The summed E-state index contributed by atoms with van der Waals surface area (Å²) in [7, 11) is 0. The van der Waals surface area contributed by atoms with Crippen molar-refractivity contribution in [1.29, 1.82) is 0 Å². The number of amides is 3. The zero-order chi connectivity index (χ0) is 21.0. The molecule has 1 saturated heterocycles. The fourth-order valence-electron chi connectivity index (χ4n) is 3.41. The number of aryl methyl sites for hydroxylation is 3. The average molecular weight is 416 g/mol. The lowest BCUT2D eigenvalue weighted by Crippen LogP contribution is -2.43. The molecule has 0 aliphatic carbocycles. The summed E-state index contributed by atoms with van der Waals surface area (Å²) in [5, 5.41) is 9.30. The SMILES string of the molecule is Cc1cccc(C)c1NC(=O)C(=O)NCC1CCN(C(=O)c2snnc2C)CC1. The zero-order valence-electron chi connectivity index (χ0n) is 16.8. The number of carbonyl (C=O) groups excluding carboxylic acids is 3. The van der Waals surface area contributed by atoms with Crippen molar-refractivity contribution < 1.29 is 14.4 Å². The molecule has 2 N–H and O–H groups in total. The number of likely N-dealkylation sites (tertiary alicyclic amines) is 1. The van der Waals surface area contributed by atoms with Gasteiger partial charge in [-0.1, -0.05) is 22.7 Å². The number of piperidine rings is 1. The fraction of sp³-hybridized carbons (Fsp3) is 0.450. The topological polar surface area (TPSA) is 104 Å². The molecule has 2 aromatic rings. The van der Waals surface area contributed by atoms with E-state index in [1.165, 1.54) is 0 Å². The normalized spacial score (nSPS) is 14.5. The predicted octanol–water partition coefficient (Wildman–Crippen LogP) is 2.07. The molecule has 8 nitrogen and oxygen atoms in total. The van der Waals surface area contributed by atoms with Crippen LogP contribution in [0.5, 0.6) is 0 Å². The van der Waals surface area contributed by atoms with Crippen LogP contribution in [-0.2, 0) is 9.59 Å². The van der Waals surface area contributed by atoms with E-state index in [-0.39, 0.29) is 11.8 Å². The standard InChI is InChI=1S/C20H25N5O3S/c1-12-5-4-6-13(2)16(12)22-19(27)18(26)21-11-15-7-9-25(10-8-15)20(28)17-14(3)23-24-29-17/h4-6,15H,7-11H2,1-3H3,(H,21,26)(H,22,27). The van der Waals surface area contributed by atoms with Crippen LogP contribution in [-0.4, -0.2) is 51.8 Å². The van der Waals surface area contributed by atoms with Gasteiger partial charge in [0.1, 0.15) is 4.88 Å². The average Bonchev–Trinajstić information content (AvgIpc) is 3.14. The number of nitrogens with zero attached hydrogens (tertiary/aromatic N) is 3. The fourth-order valence-corrected chi connectivity index (χ4v) is 4.04. The maximum atomic E-state index is 12.5. The Hall–Kier alpha value is -2.81. The number of aromatic nitrogens is 2. The molecule has 0 bridgehead atoms. The molecule has 29 heavy (non-hydrogen) atoms. The van der Waals surface area contributed by atoms with E-state index in [1.807, 2.05) is 32.0 Å². The third kappa shape index (κ3) is 4.97. The van der Waals surface area contributed by atoms with Gasteiger partial charge in [0.05, 0.1) is 5.69 Å². The largest absolute Gasteiger partial charge is 0.348 e. The van der Waals surface area contributed by atoms with Gasteiger partial charge in [-0.2, -0.15) is 0 Å². The van der Waals surface area contributed by atoms with E-state index >= 15 is 0 Å². The molecular formula is C20H25N5O3S. The van der Waals surface area contributed by atoms with E-state index in [9.17, 15) is 14.4 Å². The number of para-hydroxylation sites is 1. The van der Waals surface area contributed by atoms with Crippen LogP contribution in [0.25, 0.3) is 0 Å². The molecule has 9 heteroatoms. The van der Waals surface area contributed by atoms with Crippen molar-refractivity contribution in [3.8, 4) is 0 Å². The van der Waals surface area contributed by atoms with E-state index in [0.717, 1.165) is 35.5 Å². The molecule has 1 aliphatic heterocycles. The quantitative estimate of drug-likeness (QED) is 0.744. The number of benzene rings is 1. The Morgan fingerprint density at radius 1 is 1.10 bits per heavy atom. The lowest BCUT2D eigenvalue weighted by Gasteiger charge is -2.31. The van der Waals surface area contributed by atoms with Gasteiger partial charge in [0, 0.05) is 25.3 Å². The monoisotopic (exact) mass is 415 g/mol. The summed E-state index contributed by atoms with van der Waals surface area (Å²) >= 11 is 1.12. The highest BCUT2D eigenvalue weighted by atomic mass is 32.1. The predicted molar refractivity (Wildman–Crippen MR) is 111 cm³/mol. The Morgan fingerprint density at radius 3 is 2.34 bits per heavy atom. The minimum absolute atomic E-state index is 0.0343. The van der Waals surface area contributed by atoms with Crippen molar-refractivity contribution in [2.45, 2.75) is 33.6 Å². The molecule has 0 radical (unpaired) electrons. The molecule has 0 atom stereocenters. The first-order valence-corrected chi connectivity index (χ1v) is 10.4. The first kappa shape index (κ1) is 20.9. The molecule has 0 unspecified atom stereocenters. The van der Waals surface area contributed by atoms with Gasteiger partial charge in [-0.25, -0.2) is 0 Å². The van der Waals surface area contributed by atoms with Gasteiger partial charge in [-0.3, -0.25) is 14.4 Å². The summed E-state index contributed by atoms with van der Waals surface area (Å²) in [5.74, 6) is -1.11. The van der Waals surface area contributed by atoms with Gasteiger partial charge in [-0.15, -0.1) is 5.10 Å². The Balaban J connectivity index is 1.45. The summed E-state index contributed by atoms with van der Waals surface area (Å²) in [4.78, 5) is 39.3. The van der Waals surface area contributed by atoms with Gasteiger partial charge >= 0.3 is 11.8 Å². The zero-order valence-corrected chi connectivity index (χ0v) is 17.6. The van der Waals surface area contributed by atoms with Gasteiger partial charge in [0.15, 0.2) is 0 Å². The second-order valence-electron chi connectivity index (χ2n) is 7.35. The molecule has 1 aromatic carbocycles. The summed E-state index contributed by atoms with van der Waals surface area (Å²) in [6.07, 6.45) is 1.55. The van der Waals surface area contributed by atoms with E-state index in [1.54, 1.807) is 11.8 Å². The number of rotatable bonds is 4. The lowest BCUT2D eigenvalue weighted by atomic mass is 9.96. The molecule has 3 rings (SSSR count). The van der Waals surface area contributed by atoms with E-state index in [4.69, 9.17) is 0 Å². The van der Waals surface area contributed by atoms with Crippen molar-refractivity contribution in [3.05, 3.63) is 39.9 Å². The highest BCUT2D eigenvalue weighted by Gasteiger charge is 2.27. The van der Waals surface area contributed by atoms with Crippen LogP contribution in [0.4, 0.5) is 5.69 Å². The molecule has 2 heterocycles. The van der Waals surface area contributed by atoms with Gasteiger partial charge in [0.25, 0.3) is 5.91 Å². The highest BCUT2D eigenvalue weighted by Crippen LogP contribution is 2.21. The van der Waals surface area contributed by atoms with Crippen LogP contribution in [0, 0.1) is 26.7 Å². The number of hydrogen-bond donors (Lipinski definition) is 2. The minimum Gasteiger partial charge on any atom is -0.348 e. The molecule has 154 valence electrons.